The van der Waals surface area contributed by atoms with Crippen LogP contribution in [0, 0.1) is 0 Å². The molecule has 4 aromatic heterocycles. The molecule has 0 saturated carbocycles. The van der Waals surface area contributed by atoms with Crippen LogP contribution < -0.4 is 10.9 Å². The zero-order valence-corrected chi connectivity index (χ0v) is 15.3. The molecule has 0 unspecified atom stereocenters. The van der Waals surface area contributed by atoms with Gasteiger partial charge in [-0.2, -0.15) is 10.2 Å². The van der Waals surface area contributed by atoms with Crippen LogP contribution in [-0.4, -0.2) is 40.3 Å². The van der Waals surface area contributed by atoms with E-state index in [0.29, 0.717) is 17.2 Å². The average Bonchev–Trinajstić information content (AvgIpc) is 3.34. The Kier molecular flexibility index (Phi) is 4.44. The second-order valence-electron chi connectivity index (χ2n) is 6.59. The number of carbonyl (C=O) groups is 1. The zero-order valence-electron chi connectivity index (χ0n) is 15.3. The first-order valence-corrected chi connectivity index (χ1v) is 8.71. The van der Waals surface area contributed by atoms with Gasteiger partial charge in [0.1, 0.15) is 30.0 Å². The first-order valence-electron chi connectivity index (χ1n) is 8.71. The Bertz CT molecular complexity index is 1180. The first kappa shape index (κ1) is 17.6. The molecule has 0 radical (unpaired) electrons. The van der Waals surface area contributed by atoms with Gasteiger partial charge >= 0.3 is 0 Å². The molecule has 10 heteroatoms. The van der Waals surface area contributed by atoms with Gasteiger partial charge in [0.25, 0.3) is 5.56 Å². The summed E-state index contributed by atoms with van der Waals surface area (Å²) >= 11 is 0. The number of nitrogens with one attached hydrogen (secondary N) is 2. The first-order chi connectivity index (χ1) is 13.5. The molecule has 10 nitrogen and oxygen atoms in total. The number of fused-ring (bicyclic) bond motifs is 1. The predicted molar refractivity (Wildman–Crippen MR) is 102 cm³/mol. The number of anilines is 1. The highest BCUT2D eigenvalue weighted by Crippen LogP contribution is 2.22. The number of carbonyl (C=O) groups excluding carboxylic acids is 1. The van der Waals surface area contributed by atoms with E-state index in [1.807, 2.05) is 20.0 Å². The molecule has 4 aromatic rings. The fraction of sp³-hybridized carbons (Fsp3) is 0.222. The molecule has 4 rings (SSSR count). The minimum Gasteiger partial charge on any atom is -0.309 e. The summed E-state index contributed by atoms with van der Waals surface area (Å²) in [7, 11) is 0. The highest BCUT2D eigenvalue weighted by Gasteiger charge is 2.17. The third-order valence-electron chi connectivity index (χ3n) is 4.23. The molecule has 0 aliphatic heterocycles. The number of hydrogen-bond donors (Lipinski definition) is 2. The Morgan fingerprint density at radius 3 is 2.86 bits per heavy atom. The average molecular weight is 378 g/mol. The molecule has 0 aliphatic carbocycles. The summed E-state index contributed by atoms with van der Waals surface area (Å²) in [5, 5.41) is 13.8. The molecule has 28 heavy (non-hydrogen) atoms. The van der Waals surface area contributed by atoms with Gasteiger partial charge in [-0.05, 0) is 12.1 Å². The van der Waals surface area contributed by atoms with Crippen molar-refractivity contribution in [1.29, 1.82) is 0 Å². The smallest absolute Gasteiger partial charge is 0.291 e. The van der Waals surface area contributed by atoms with Gasteiger partial charge in [0.15, 0.2) is 0 Å². The molecule has 0 fully saturated rings. The van der Waals surface area contributed by atoms with E-state index in [2.05, 4.69) is 30.6 Å². The summed E-state index contributed by atoms with van der Waals surface area (Å²) in [6, 6.07) is 3.35. The Morgan fingerprint density at radius 1 is 1.32 bits per heavy atom. The summed E-state index contributed by atoms with van der Waals surface area (Å²) in [6.45, 7) is 3.75. The van der Waals surface area contributed by atoms with Crippen LogP contribution in [0.25, 0.3) is 16.6 Å². The number of nitrogens with zero attached hydrogens (tertiary/aromatic N) is 6. The molecule has 1 amide bonds. The van der Waals surface area contributed by atoms with E-state index < -0.39 is 5.91 Å². The maximum Gasteiger partial charge on any atom is 0.291 e. The van der Waals surface area contributed by atoms with Crippen molar-refractivity contribution in [3.63, 3.8) is 0 Å². The molecule has 0 saturated heterocycles. The van der Waals surface area contributed by atoms with E-state index in [4.69, 9.17) is 0 Å². The molecular weight excluding hydrogens is 360 g/mol. The third-order valence-corrected chi connectivity index (χ3v) is 4.23. The van der Waals surface area contributed by atoms with Gasteiger partial charge < -0.3 is 5.32 Å². The highest BCUT2D eigenvalue weighted by molar-refractivity contribution is 5.89. The summed E-state index contributed by atoms with van der Waals surface area (Å²) in [6.07, 6.45) is 8.15. The lowest BCUT2D eigenvalue weighted by Crippen LogP contribution is -2.32. The van der Waals surface area contributed by atoms with Gasteiger partial charge in [-0.15, -0.1) is 0 Å². The monoisotopic (exact) mass is 378 g/mol. The van der Waals surface area contributed by atoms with Crippen molar-refractivity contribution in [2.45, 2.75) is 26.3 Å². The Hall–Kier alpha value is -3.82. The summed E-state index contributed by atoms with van der Waals surface area (Å²) in [4.78, 5) is 33.0. The van der Waals surface area contributed by atoms with Gasteiger partial charge in [-0.1, -0.05) is 13.8 Å². The Balaban J connectivity index is 1.73. The van der Waals surface area contributed by atoms with Gasteiger partial charge in [0, 0.05) is 35.6 Å². The fourth-order valence-corrected chi connectivity index (χ4v) is 2.92. The van der Waals surface area contributed by atoms with Crippen LogP contribution in [0.3, 0.4) is 0 Å². The second kappa shape index (κ2) is 7.06. The summed E-state index contributed by atoms with van der Waals surface area (Å²) in [5.74, 6) is 0.695. The van der Waals surface area contributed by atoms with Crippen molar-refractivity contribution in [3.8, 4) is 11.1 Å². The van der Waals surface area contributed by atoms with E-state index in [1.165, 1.54) is 17.2 Å². The SMILES string of the molecule is CC(C)c1nn(CC(=O)Nc2ccncn2)c(=O)c2cc(-c3cn[nH]c3)cn12. The lowest BCUT2D eigenvalue weighted by Gasteiger charge is -2.12. The number of H-pyrrole nitrogens is 1. The third kappa shape index (κ3) is 3.27. The van der Waals surface area contributed by atoms with E-state index in [1.54, 1.807) is 28.9 Å². The van der Waals surface area contributed by atoms with Gasteiger partial charge in [-0.3, -0.25) is 19.1 Å². The molecule has 0 bridgehead atoms. The molecule has 142 valence electrons. The summed E-state index contributed by atoms with van der Waals surface area (Å²) in [5.41, 5.74) is 1.81. The number of aromatic nitrogens is 7. The molecule has 0 atom stereocenters. The fourth-order valence-electron chi connectivity index (χ4n) is 2.92. The number of aromatic amines is 1. The van der Waals surface area contributed by atoms with Crippen molar-refractivity contribution in [3.05, 3.63) is 59.4 Å². The van der Waals surface area contributed by atoms with Crippen LogP contribution in [0.1, 0.15) is 25.6 Å². The van der Waals surface area contributed by atoms with Crippen LogP contribution in [0.2, 0.25) is 0 Å². The van der Waals surface area contributed by atoms with Crippen molar-refractivity contribution < 1.29 is 4.79 Å². The van der Waals surface area contributed by atoms with Crippen LogP contribution >= 0.6 is 0 Å². The molecule has 0 aromatic carbocycles. The Morgan fingerprint density at radius 2 is 2.18 bits per heavy atom. The normalized spacial score (nSPS) is 11.2. The lowest BCUT2D eigenvalue weighted by atomic mass is 10.2. The van der Waals surface area contributed by atoms with E-state index in [-0.39, 0.29) is 18.0 Å². The van der Waals surface area contributed by atoms with Gasteiger partial charge in [0.05, 0.1) is 6.20 Å². The van der Waals surface area contributed by atoms with Crippen LogP contribution in [0.5, 0.6) is 0 Å². The molecule has 0 spiro atoms. The predicted octanol–water partition coefficient (Wildman–Crippen LogP) is 1.44. The number of rotatable bonds is 5. The van der Waals surface area contributed by atoms with Gasteiger partial charge in [0.2, 0.25) is 5.91 Å². The maximum absolute atomic E-state index is 12.9. The lowest BCUT2D eigenvalue weighted by molar-refractivity contribution is -0.117. The van der Waals surface area contributed by atoms with Crippen molar-refractivity contribution in [1.82, 2.24) is 34.3 Å². The van der Waals surface area contributed by atoms with Crippen molar-refractivity contribution >= 4 is 17.2 Å². The van der Waals surface area contributed by atoms with Crippen LogP contribution in [0.4, 0.5) is 5.82 Å². The van der Waals surface area contributed by atoms with E-state index in [9.17, 15) is 9.59 Å². The molecule has 0 aliphatic rings. The topological polar surface area (TPSA) is 123 Å². The van der Waals surface area contributed by atoms with Crippen LogP contribution in [0.15, 0.2) is 48.0 Å². The molecule has 2 N–H and O–H groups in total. The number of hydrogen-bond acceptors (Lipinski definition) is 6. The zero-order chi connectivity index (χ0) is 19.7. The largest absolute Gasteiger partial charge is 0.309 e. The highest BCUT2D eigenvalue weighted by atomic mass is 16.2. The van der Waals surface area contributed by atoms with Crippen LogP contribution in [-0.2, 0) is 11.3 Å². The minimum atomic E-state index is -0.394. The molecular formula is C18H18N8O2. The second-order valence-corrected chi connectivity index (χ2v) is 6.59. The maximum atomic E-state index is 12.9. The standard InChI is InChI=1S/C18H18N8O2/c1-11(2)17-24-26(9-16(27)23-15-3-4-19-10-20-15)18(28)14-5-12(8-25(14)17)13-6-21-22-7-13/h3-8,10-11H,9H2,1-2H3,(H,21,22)(H,19,20,23,27). The van der Waals surface area contributed by atoms with E-state index in [0.717, 1.165) is 11.1 Å². The Labute approximate surface area is 159 Å². The number of amides is 1. The van der Waals surface area contributed by atoms with Gasteiger partial charge in [-0.25, -0.2) is 14.6 Å². The van der Waals surface area contributed by atoms with Crippen molar-refractivity contribution in [2.75, 3.05) is 5.32 Å². The van der Waals surface area contributed by atoms with E-state index >= 15 is 0 Å². The summed E-state index contributed by atoms with van der Waals surface area (Å²) < 4.78 is 2.95. The molecule has 4 heterocycles. The minimum absolute atomic E-state index is 0.0453. The van der Waals surface area contributed by atoms with Crippen molar-refractivity contribution in [2.24, 2.45) is 0 Å². The quantitative estimate of drug-likeness (QED) is 0.542.